The number of rotatable bonds is 8. The molecular formula is C11H20N2O4S. The molecule has 0 aromatic rings. The van der Waals surface area contributed by atoms with Crippen molar-refractivity contribution in [3.63, 3.8) is 0 Å². The molecule has 0 aromatic carbocycles. The Kier molecular flexibility index (Phi) is 8.23. The third-order valence-electron chi connectivity index (χ3n) is 2.30. The zero-order valence-electron chi connectivity index (χ0n) is 11.0. The van der Waals surface area contributed by atoms with E-state index >= 15 is 0 Å². The minimum Gasteiger partial charge on any atom is -0.465 e. The van der Waals surface area contributed by atoms with Crippen LogP contribution in [0.25, 0.3) is 0 Å². The van der Waals surface area contributed by atoms with Crippen LogP contribution in [0, 0.1) is 5.92 Å². The molecule has 0 bridgehead atoms. The summed E-state index contributed by atoms with van der Waals surface area (Å²) in [6.07, 6.45) is 0. The van der Waals surface area contributed by atoms with Gasteiger partial charge in [-0.15, -0.1) is 0 Å². The number of nitrogens with zero attached hydrogens (tertiary/aromatic N) is 1. The Balaban J connectivity index is 4.60. The number of nitrogens with two attached hydrogens (primary N) is 1. The first-order valence-electron chi connectivity index (χ1n) is 5.66. The second-order valence-corrected chi connectivity index (χ2v) is 4.15. The fourth-order valence-corrected chi connectivity index (χ4v) is 1.33. The van der Waals surface area contributed by atoms with Crippen LogP contribution in [-0.4, -0.2) is 55.2 Å². The van der Waals surface area contributed by atoms with Crippen LogP contribution >= 0.6 is 12.2 Å². The first kappa shape index (κ1) is 16.8. The average molecular weight is 276 g/mol. The summed E-state index contributed by atoms with van der Waals surface area (Å²) >= 11 is 4.77. The van der Waals surface area contributed by atoms with E-state index in [1.807, 2.05) is 0 Å². The molecular weight excluding hydrogens is 256 g/mol. The van der Waals surface area contributed by atoms with Crippen LogP contribution in [0.2, 0.25) is 0 Å². The molecule has 0 aliphatic rings. The first-order valence-corrected chi connectivity index (χ1v) is 6.07. The number of esters is 1. The molecule has 6 nitrogen and oxygen atoms in total. The Morgan fingerprint density at radius 2 is 2.06 bits per heavy atom. The third kappa shape index (κ3) is 5.92. The number of amides is 1. The van der Waals surface area contributed by atoms with Gasteiger partial charge in [-0.25, -0.2) is 0 Å². The van der Waals surface area contributed by atoms with Gasteiger partial charge in [0.1, 0.15) is 6.54 Å². The van der Waals surface area contributed by atoms with E-state index in [1.54, 1.807) is 13.8 Å². The summed E-state index contributed by atoms with van der Waals surface area (Å²) in [4.78, 5) is 24.9. The van der Waals surface area contributed by atoms with Crippen LogP contribution in [0.15, 0.2) is 0 Å². The summed E-state index contributed by atoms with van der Waals surface area (Å²) in [6, 6.07) is 0. The molecule has 0 rings (SSSR count). The van der Waals surface area contributed by atoms with Crippen molar-refractivity contribution in [2.24, 2.45) is 11.7 Å². The lowest BCUT2D eigenvalue weighted by Gasteiger charge is -2.24. The Morgan fingerprint density at radius 1 is 1.44 bits per heavy atom. The molecule has 0 fully saturated rings. The molecule has 0 spiro atoms. The van der Waals surface area contributed by atoms with Crippen molar-refractivity contribution in [3.8, 4) is 0 Å². The molecule has 18 heavy (non-hydrogen) atoms. The summed E-state index contributed by atoms with van der Waals surface area (Å²) in [5.41, 5.74) is 5.43. The molecule has 0 aromatic heterocycles. The summed E-state index contributed by atoms with van der Waals surface area (Å²) in [5.74, 6) is -1.36. The van der Waals surface area contributed by atoms with E-state index in [-0.39, 0.29) is 24.0 Å². The minimum atomic E-state index is -0.605. The summed E-state index contributed by atoms with van der Waals surface area (Å²) < 4.78 is 9.70. The van der Waals surface area contributed by atoms with Gasteiger partial charge in [-0.1, -0.05) is 12.2 Å². The molecule has 2 N–H and O–H groups in total. The molecule has 1 unspecified atom stereocenters. The normalized spacial score (nSPS) is 11.7. The SMILES string of the molecule is CCOC(=O)CN(CCOC)C(=O)C(C)C(N)=S. The number of thiocarbonyl (C=S) groups is 1. The molecule has 0 radical (unpaired) electrons. The second kappa shape index (κ2) is 8.82. The van der Waals surface area contributed by atoms with E-state index in [9.17, 15) is 9.59 Å². The van der Waals surface area contributed by atoms with Gasteiger partial charge in [0.2, 0.25) is 5.91 Å². The molecule has 0 heterocycles. The summed E-state index contributed by atoms with van der Waals surface area (Å²) in [6.45, 7) is 4.09. The lowest BCUT2D eigenvalue weighted by atomic mass is 10.1. The van der Waals surface area contributed by atoms with Crippen molar-refractivity contribution in [3.05, 3.63) is 0 Å². The van der Waals surface area contributed by atoms with Crippen LogP contribution in [0.4, 0.5) is 0 Å². The van der Waals surface area contributed by atoms with Crippen molar-refractivity contribution in [1.29, 1.82) is 0 Å². The smallest absolute Gasteiger partial charge is 0.325 e. The number of methoxy groups -OCH3 is 1. The van der Waals surface area contributed by atoms with Crippen molar-refractivity contribution >= 4 is 29.1 Å². The summed E-state index contributed by atoms with van der Waals surface area (Å²) in [5, 5.41) is 0. The zero-order chi connectivity index (χ0) is 14.1. The molecule has 0 saturated carbocycles. The Morgan fingerprint density at radius 3 is 2.50 bits per heavy atom. The van der Waals surface area contributed by atoms with Gasteiger partial charge in [0.15, 0.2) is 0 Å². The topological polar surface area (TPSA) is 81.9 Å². The van der Waals surface area contributed by atoms with Crippen molar-refractivity contribution in [2.45, 2.75) is 13.8 Å². The molecule has 1 amide bonds. The predicted octanol–water partition coefficient (Wildman–Crippen LogP) is -0.0533. The van der Waals surface area contributed by atoms with Crippen molar-refractivity contribution < 1.29 is 19.1 Å². The van der Waals surface area contributed by atoms with E-state index in [1.165, 1.54) is 12.0 Å². The van der Waals surface area contributed by atoms with E-state index in [2.05, 4.69) is 0 Å². The van der Waals surface area contributed by atoms with Gasteiger partial charge in [0.25, 0.3) is 0 Å². The monoisotopic (exact) mass is 276 g/mol. The predicted molar refractivity (Wildman–Crippen MR) is 71.0 cm³/mol. The van der Waals surface area contributed by atoms with Gasteiger partial charge in [0, 0.05) is 13.7 Å². The molecule has 0 aliphatic heterocycles. The van der Waals surface area contributed by atoms with Crippen LogP contribution in [0.5, 0.6) is 0 Å². The maximum Gasteiger partial charge on any atom is 0.325 e. The van der Waals surface area contributed by atoms with Crippen molar-refractivity contribution in [1.82, 2.24) is 4.90 Å². The molecule has 7 heteroatoms. The highest BCUT2D eigenvalue weighted by atomic mass is 32.1. The zero-order valence-corrected chi connectivity index (χ0v) is 11.8. The van der Waals surface area contributed by atoms with Gasteiger partial charge in [-0.05, 0) is 13.8 Å². The molecule has 1 atom stereocenters. The Labute approximate surface area is 112 Å². The fraction of sp³-hybridized carbons (Fsp3) is 0.727. The van der Waals surface area contributed by atoms with Crippen LogP contribution < -0.4 is 5.73 Å². The summed E-state index contributed by atoms with van der Waals surface area (Å²) in [7, 11) is 1.52. The lowest BCUT2D eigenvalue weighted by Crippen LogP contribution is -2.44. The highest BCUT2D eigenvalue weighted by Gasteiger charge is 2.24. The van der Waals surface area contributed by atoms with Crippen molar-refractivity contribution in [2.75, 3.05) is 33.4 Å². The number of hydrogen-bond donors (Lipinski definition) is 1. The average Bonchev–Trinajstić information content (AvgIpc) is 2.32. The van der Waals surface area contributed by atoms with E-state index in [4.69, 9.17) is 27.4 Å². The van der Waals surface area contributed by atoms with E-state index < -0.39 is 11.9 Å². The second-order valence-electron chi connectivity index (χ2n) is 3.68. The first-order chi connectivity index (χ1) is 8.43. The standard InChI is InChI=1S/C11H20N2O4S/c1-4-17-9(14)7-13(5-6-16-3)11(15)8(2)10(12)18/h8H,4-7H2,1-3H3,(H2,12,18). The number of hydrogen-bond acceptors (Lipinski definition) is 5. The number of ether oxygens (including phenoxy) is 2. The highest BCUT2D eigenvalue weighted by Crippen LogP contribution is 2.04. The largest absolute Gasteiger partial charge is 0.465 e. The maximum absolute atomic E-state index is 12.0. The van der Waals surface area contributed by atoms with Crippen LogP contribution in [0.3, 0.4) is 0 Å². The Hall–Kier alpha value is -1.21. The lowest BCUT2D eigenvalue weighted by molar-refractivity contribution is -0.149. The maximum atomic E-state index is 12.0. The number of carbonyl (C=O) groups excluding carboxylic acids is 2. The Bertz CT molecular complexity index is 309. The van der Waals surface area contributed by atoms with E-state index in [0.717, 1.165) is 0 Å². The van der Waals surface area contributed by atoms with E-state index in [0.29, 0.717) is 13.2 Å². The van der Waals surface area contributed by atoms with Crippen LogP contribution in [0.1, 0.15) is 13.8 Å². The highest BCUT2D eigenvalue weighted by molar-refractivity contribution is 7.80. The van der Waals surface area contributed by atoms with Gasteiger partial charge in [0.05, 0.1) is 24.1 Å². The van der Waals surface area contributed by atoms with Gasteiger partial charge < -0.3 is 20.1 Å². The van der Waals surface area contributed by atoms with Gasteiger partial charge in [-0.3, -0.25) is 9.59 Å². The number of carbonyl (C=O) groups is 2. The fourth-order valence-electron chi connectivity index (χ4n) is 1.23. The molecule has 104 valence electrons. The molecule has 0 aliphatic carbocycles. The quantitative estimate of drug-likeness (QED) is 0.494. The van der Waals surface area contributed by atoms with Gasteiger partial charge >= 0.3 is 5.97 Å². The third-order valence-corrected chi connectivity index (χ3v) is 2.65. The minimum absolute atomic E-state index is 0.103. The van der Waals surface area contributed by atoms with Crippen LogP contribution in [-0.2, 0) is 19.1 Å². The van der Waals surface area contributed by atoms with Gasteiger partial charge in [-0.2, -0.15) is 0 Å². The molecule has 0 saturated heterocycles.